The standard InChI is InChI=1S/C14H21N3O3/c1-11-3-5-16(6-4-11)12-7-14(19)17(15-8-12)9-13(18)10-20-2/h7-8,11H,3-6,9-10H2,1-2H3. The minimum Gasteiger partial charge on any atom is -0.377 e. The third-order valence-corrected chi connectivity index (χ3v) is 3.64. The molecule has 0 amide bonds. The predicted molar refractivity (Wildman–Crippen MR) is 76.0 cm³/mol. The molecule has 2 heterocycles. The zero-order valence-electron chi connectivity index (χ0n) is 12.0. The molecule has 0 aliphatic carbocycles. The average molecular weight is 279 g/mol. The van der Waals surface area contributed by atoms with Crippen LogP contribution in [0.2, 0.25) is 0 Å². The van der Waals surface area contributed by atoms with Gasteiger partial charge < -0.3 is 9.64 Å². The van der Waals surface area contributed by atoms with Crippen molar-refractivity contribution in [2.45, 2.75) is 26.3 Å². The summed E-state index contributed by atoms with van der Waals surface area (Å²) in [6.45, 7) is 4.11. The van der Waals surface area contributed by atoms with E-state index in [1.165, 1.54) is 11.8 Å². The first-order valence-corrected chi connectivity index (χ1v) is 6.93. The number of ether oxygens (including phenoxy) is 1. The van der Waals surface area contributed by atoms with E-state index in [9.17, 15) is 9.59 Å². The van der Waals surface area contributed by atoms with E-state index in [4.69, 9.17) is 4.74 Å². The lowest BCUT2D eigenvalue weighted by Crippen LogP contribution is -2.35. The Morgan fingerprint density at radius 2 is 2.15 bits per heavy atom. The molecule has 1 fully saturated rings. The molecule has 110 valence electrons. The van der Waals surface area contributed by atoms with Crippen molar-refractivity contribution in [3.8, 4) is 0 Å². The molecule has 1 aromatic rings. The summed E-state index contributed by atoms with van der Waals surface area (Å²) in [4.78, 5) is 25.6. The first-order chi connectivity index (χ1) is 9.60. The highest BCUT2D eigenvalue weighted by molar-refractivity contribution is 5.79. The van der Waals surface area contributed by atoms with Crippen LogP contribution < -0.4 is 10.5 Å². The Bertz CT molecular complexity index is 519. The fourth-order valence-electron chi connectivity index (χ4n) is 2.36. The van der Waals surface area contributed by atoms with Gasteiger partial charge in [0.05, 0.1) is 11.9 Å². The quantitative estimate of drug-likeness (QED) is 0.793. The number of ketones is 1. The van der Waals surface area contributed by atoms with Crippen LogP contribution in [0.4, 0.5) is 5.69 Å². The molecule has 0 unspecified atom stereocenters. The topological polar surface area (TPSA) is 64.4 Å². The average Bonchev–Trinajstić information content (AvgIpc) is 2.42. The van der Waals surface area contributed by atoms with Gasteiger partial charge in [0.15, 0.2) is 5.78 Å². The van der Waals surface area contributed by atoms with E-state index in [0.717, 1.165) is 37.5 Å². The lowest BCUT2D eigenvalue weighted by molar-refractivity contribution is -0.123. The molecule has 0 N–H and O–H groups in total. The van der Waals surface area contributed by atoms with E-state index in [1.54, 1.807) is 12.3 Å². The molecule has 6 heteroatoms. The van der Waals surface area contributed by atoms with Gasteiger partial charge in [0.1, 0.15) is 13.2 Å². The van der Waals surface area contributed by atoms with Gasteiger partial charge in [-0.05, 0) is 18.8 Å². The van der Waals surface area contributed by atoms with Gasteiger partial charge in [0.25, 0.3) is 5.56 Å². The molecule has 20 heavy (non-hydrogen) atoms. The number of Topliss-reactive ketones (excluding diaryl/α,β-unsaturated/α-hetero) is 1. The van der Waals surface area contributed by atoms with E-state index in [2.05, 4.69) is 16.9 Å². The van der Waals surface area contributed by atoms with Gasteiger partial charge in [-0.1, -0.05) is 6.92 Å². The molecule has 6 nitrogen and oxygen atoms in total. The molecule has 0 saturated carbocycles. The van der Waals surface area contributed by atoms with E-state index in [-0.39, 0.29) is 24.5 Å². The molecule has 2 rings (SSSR count). The molecule has 0 spiro atoms. The molecule has 1 aliphatic heterocycles. The van der Waals surface area contributed by atoms with Crippen LogP contribution in [0.1, 0.15) is 19.8 Å². The number of nitrogens with zero attached hydrogens (tertiary/aromatic N) is 3. The van der Waals surface area contributed by atoms with Crippen molar-refractivity contribution in [1.29, 1.82) is 0 Å². The highest BCUT2D eigenvalue weighted by Crippen LogP contribution is 2.20. The lowest BCUT2D eigenvalue weighted by atomic mass is 9.99. The SMILES string of the molecule is COCC(=O)Cn1ncc(N2CCC(C)CC2)cc1=O. The van der Waals surface area contributed by atoms with Crippen LogP contribution in [-0.2, 0) is 16.1 Å². The number of aromatic nitrogens is 2. The van der Waals surface area contributed by atoms with Gasteiger partial charge in [-0.3, -0.25) is 9.59 Å². The zero-order valence-corrected chi connectivity index (χ0v) is 12.0. The number of anilines is 1. The van der Waals surface area contributed by atoms with Crippen molar-refractivity contribution in [3.63, 3.8) is 0 Å². The summed E-state index contributed by atoms with van der Waals surface area (Å²) in [5.74, 6) is 0.577. The number of carbonyl (C=O) groups excluding carboxylic acids is 1. The molecule has 1 saturated heterocycles. The Balaban J connectivity index is 2.06. The van der Waals surface area contributed by atoms with Gasteiger partial charge in [-0.15, -0.1) is 0 Å². The Morgan fingerprint density at radius 3 is 2.75 bits per heavy atom. The van der Waals surface area contributed by atoms with Crippen LogP contribution in [-0.4, -0.2) is 42.4 Å². The Kier molecular flexibility index (Phi) is 4.89. The van der Waals surface area contributed by atoms with Crippen molar-refractivity contribution in [3.05, 3.63) is 22.6 Å². The second-order valence-electron chi connectivity index (χ2n) is 5.35. The lowest BCUT2D eigenvalue weighted by Gasteiger charge is -2.31. The van der Waals surface area contributed by atoms with Gasteiger partial charge in [-0.2, -0.15) is 5.10 Å². The second-order valence-corrected chi connectivity index (χ2v) is 5.35. The summed E-state index contributed by atoms with van der Waals surface area (Å²) in [6, 6.07) is 1.56. The molecule has 1 aromatic heterocycles. The number of rotatable bonds is 5. The molecule has 0 aromatic carbocycles. The van der Waals surface area contributed by atoms with Gasteiger partial charge in [0.2, 0.25) is 0 Å². The highest BCUT2D eigenvalue weighted by Gasteiger charge is 2.17. The summed E-state index contributed by atoms with van der Waals surface area (Å²) in [5, 5.41) is 4.08. The van der Waals surface area contributed by atoms with Gasteiger partial charge >= 0.3 is 0 Å². The van der Waals surface area contributed by atoms with Crippen LogP contribution >= 0.6 is 0 Å². The summed E-state index contributed by atoms with van der Waals surface area (Å²) in [5.41, 5.74) is 0.600. The van der Waals surface area contributed by atoms with Crippen LogP contribution in [0.3, 0.4) is 0 Å². The maximum atomic E-state index is 12.0. The third kappa shape index (κ3) is 3.66. The number of hydrogen-bond acceptors (Lipinski definition) is 5. The number of piperidine rings is 1. The Hall–Kier alpha value is -1.69. The van der Waals surface area contributed by atoms with Crippen molar-refractivity contribution in [1.82, 2.24) is 9.78 Å². The second kappa shape index (κ2) is 6.65. The number of hydrogen-bond donors (Lipinski definition) is 0. The largest absolute Gasteiger partial charge is 0.377 e. The first-order valence-electron chi connectivity index (χ1n) is 6.93. The number of methoxy groups -OCH3 is 1. The molecule has 0 bridgehead atoms. The Morgan fingerprint density at radius 1 is 1.45 bits per heavy atom. The van der Waals surface area contributed by atoms with Gasteiger partial charge in [0, 0.05) is 26.3 Å². The number of carbonyl (C=O) groups is 1. The molecular weight excluding hydrogens is 258 g/mol. The maximum Gasteiger partial charge on any atom is 0.269 e. The van der Waals surface area contributed by atoms with Crippen molar-refractivity contribution >= 4 is 11.5 Å². The fourth-order valence-corrected chi connectivity index (χ4v) is 2.36. The van der Waals surface area contributed by atoms with Crippen molar-refractivity contribution in [2.75, 3.05) is 31.7 Å². The Labute approximate surface area is 118 Å². The summed E-state index contributed by atoms with van der Waals surface area (Å²) < 4.78 is 5.92. The molecule has 1 aliphatic rings. The van der Waals surface area contributed by atoms with Crippen LogP contribution in [0, 0.1) is 5.92 Å². The van der Waals surface area contributed by atoms with Crippen LogP contribution in [0.15, 0.2) is 17.1 Å². The third-order valence-electron chi connectivity index (χ3n) is 3.64. The predicted octanol–water partition coefficient (Wildman–Crippen LogP) is 0.695. The van der Waals surface area contributed by atoms with Crippen LogP contribution in [0.5, 0.6) is 0 Å². The molecule has 0 atom stereocenters. The monoisotopic (exact) mass is 279 g/mol. The summed E-state index contributed by atoms with van der Waals surface area (Å²) in [7, 11) is 1.45. The minimum atomic E-state index is -0.245. The first kappa shape index (κ1) is 14.7. The smallest absolute Gasteiger partial charge is 0.269 e. The van der Waals surface area contributed by atoms with E-state index < -0.39 is 0 Å². The van der Waals surface area contributed by atoms with E-state index in [1.807, 2.05) is 0 Å². The summed E-state index contributed by atoms with van der Waals surface area (Å²) in [6.07, 6.45) is 3.93. The fraction of sp³-hybridized carbons (Fsp3) is 0.643. The summed E-state index contributed by atoms with van der Waals surface area (Å²) >= 11 is 0. The van der Waals surface area contributed by atoms with E-state index >= 15 is 0 Å². The zero-order chi connectivity index (χ0) is 14.5. The van der Waals surface area contributed by atoms with Crippen molar-refractivity contribution in [2.24, 2.45) is 5.92 Å². The van der Waals surface area contributed by atoms with E-state index in [0.29, 0.717) is 0 Å². The van der Waals surface area contributed by atoms with Crippen molar-refractivity contribution < 1.29 is 9.53 Å². The maximum absolute atomic E-state index is 12.0. The minimum absolute atomic E-state index is 0.000114. The molecule has 0 radical (unpaired) electrons. The normalized spacial score (nSPS) is 16.4. The molecular formula is C14H21N3O3. The van der Waals surface area contributed by atoms with Gasteiger partial charge in [-0.25, -0.2) is 4.68 Å². The van der Waals surface area contributed by atoms with Crippen LogP contribution in [0.25, 0.3) is 0 Å². The highest BCUT2D eigenvalue weighted by atomic mass is 16.5.